The van der Waals surface area contributed by atoms with Crippen molar-refractivity contribution in [1.82, 2.24) is 20.1 Å². The average Bonchev–Trinajstić information content (AvgIpc) is 3.03. The van der Waals surface area contributed by atoms with Crippen LogP contribution in [0.15, 0.2) is 32.6 Å². The summed E-state index contributed by atoms with van der Waals surface area (Å²) in [7, 11) is 5.97. The Morgan fingerprint density at radius 1 is 1.36 bits per heavy atom. The highest BCUT2D eigenvalue weighted by Crippen LogP contribution is 2.16. The SMILES string of the molecule is CN=COc1[nH]n(C)c(=O)c1/C=C/C=C1\C(=O)N(C)N=C1C(=O)NC. The van der Waals surface area contributed by atoms with E-state index in [1.54, 1.807) is 7.05 Å². The van der Waals surface area contributed by atoms with Gasteiger partial charge in [-0.15, -0.1) is 0 Å². The van der Waals surface area contributed by atoms with Crippen LogP contribution in [-0.2, 0) is 16.6 Å². The molecule has 2 amide bonds. The number of allylic oxidation sites excluding steroid dienone is 2. The smallest absolute Gasteiger partial charge is 0.277 e. The lowest BCUT2D eigenvalue weighted by Gasteiger charge is -2.00. The molecule has 10 heteroatoms. The summed E-state index contributed by atoms with van der Waals surface area (Å²) in [6.45, 7) is 0. The van der Waals surface area contributed by atoms with Crippen LogP contribution in [0, 0.1) is 0 Å². The van der Waals surface area contributed by atoms with Gasteiger partial charge in [-0.25, -0.2) is 5.01 Å². The first-order valence-corrected chi connectivity index (χ1v) is 7.24. The van der Waals surface area contributed by atoms with Crippen LogP contribution >= 0.6 is 0 Å². The molecule has 25 heavy (non-hydrogen) atoms. The van der Waals surface area contributed by atoms with Crippen molar-refractivity contribution in [3.8, 4) is 5.88 Å². The third-order valence-electron chi connectivity index (χ3n) is 3.32. The van der Waals surface area contributed by atoms with Crippen molar-refractivity contribution in [2.24, 2.45) is 17.1 Å². The van der Waals surface area contributed by atoms with Gasteiger partial charge >= 0.3 is 0 Å². The Labute approximate surface area is 143 Å². The molecule has 0 saturated carbocycles. The maximum absolute atomic E-state index is 12.1. The van der Waals surface area contributed by atoms with Gasteiger partial charge < -0.3 is 10.1 Å². The minimum absolute atomic E-state index is 0.0104. The van der Waals surface area contributed by atoms with Gasteiger partial charge in [0, 0.05) is 28.2 Å². The third kappa shape index (κ3) is 3.57. The molecule has 1 aromatic rings. The zero-order valence-electron chi connectivity index (χ0n) is 14.2. The van der Waals surface area contributed by atoms with Crippen molar-refractivity contribution < 1.29 is 14.3 Å². The molecule has 0 radical (unpaired) electrons. The van der Waals surface area contributed by atoms with Gasteiger partial charge in [0.05, 0.1) is 5.57 Å². The number of H-pyrrole nitrogens is 1. The molecule has 10 nitrogen and oxygen atoms in total. The fraction of sp³-hybridized carbons (Fsp3) is 0.267. The Kier molecular flexibility index (Phi) is 5.32. The number of likely N-dealkylation sites (N-methyl/N-ethyl adjacent to an activating group) is 1. The maximum atomic E-state index is 12.1. The number of nitrogens with one attached hydrogen (secondary N) is 2. The number of amides is 2. The predicted molar refractivity (Wildman–Crippen MR) is 92.5 cm³/mol. The van der Waals surface area contributed by atoms with E-state index < -0.39 is 11.8 Å². The Morgan fingerprint density at radius 2 is 2.08 bits per heavy atom. The monoisotopic (exact) mass is 346 g/mol. The molecular weight excluding hydrogens is 328 g/mol. The number of aryl methyl sites for hydroxylation is 1. The molecule has 2 N–H and O–H groups in total. The lowest BCUT2D eigenvalue weighted by molar-refractivity contribution is -0.124. The van der Waals surface area contributed by atoms with Crippen LogP contribution in [0.2, 0.25) is 0 Å². The predicted octanol–water partition coefficient (Wildman–Crippen LogP) is -0.736. The number of aliphatic imine (C=N–C) groups is 1. The molecule has 0 fully saturated rings. The highest BCUT2D eigenvalue weighted by atomic mass is 16.5. The molecule has 0 aromatic carbocycles. The summed E-state index contributed by atoms with van der Waals surface area (Å²) < 4.78 is 6.47. The van der Waals surface area contributed by atoms with Gasteiger partial charge in [-0.05, 0) is 12.2 Å². The lowest BCUT2D eigenvalue weighted by Crippen LogP contribution is -2.28. The van der Waals surface area contributed by atoms with Gasteiger partial charge in [0.15, 0.2) is 12.1 Å². The van der Waals surface area contributed by atoms with Crippen molar-refractivity contribution in [2.45, 2.75) is 0 Å². The van der Waals surface area contributed by atoms with Gasteiger partial charge in [-0.2, -0.15) is 5.10 Å². The molecule has 1 aromatic heterocycles. The normalized spacial score (nSPS) is 16.3. The Morgan fingerprint density at radius 3 is 2.72 bits per heavy atom. The van der Waals surface area contributed by atoms with Gasteiger partial charge in [0.1, 0.15) is 5.56 Å². The number of rotatable bonds is 5. The molecule has 0 unspecified atom stereocenters. The van der Waals surface area contributed by atoms with Crippen molar-refractivity contribution >= 4 is 30.0 Å². The Hall–Kier alpha value is -3.43. The summed E-state index contributed by atoms with van der Waals surface area (Å²) in [6.07, 6.45) is 5.56. The minimum Gasteiger partial charge on any atom is -0.428 e. The average molecular weight is 346 g/mol. The summed E-state index contributed by atoms with van der Waals surface area (Å²) in [4.78, 5) is 39.6. The zero-order chi connectivity index (χ0) is 18.6. The van der Waals surface area contributed by atoms with Crippen molar-refractivity contribution in [2.75, 3.05) is 21.1 Å². The summed E-state index contributed by atoms with van der Waals surface area (Å²) >= 11 is 0. The second-order valence-corrected chi connectivity index (χ2v) is 5.00. The van der Waals surface area contributed by atoms with Crippen LogP contribution in [0.4, 0.5) is 0 Å². The van der Waals surface area contributed by atoms with Crippen molar-refractivity contribution in [1.29, 1.82) is 0 Å². The van der Waals surface area contributed by atoms with Crippen LogP contribution < -0.4 is 15.6 Å². The Balaban J connectivity index is 2.35. The lowest BCUT2D eigenvalue weighted by atomic mass is 10.1. The van der Waals surface area contributed by atoms with Crippen LogP contribution in [0.3, 0.4) is 0 Å². The van der Waals surface area contributed by atoms with E-state index in [2.05, 4.69) is 20.5 Å². The topological polar surface area (TPSA) is 121 Å². The zero-order valence-corrected chi connectivity index (χ0v) is 14.2. The second-order valence-electron chi connectivity index (χ2n) is 5.00. The quantitative estimate of drug-likeness (QED) is 0.414. The van der Waals surface area contributed by atoms with Gasteiger partial charge in [-0.3, -0.25) is 29.2 Å². The van der Waals surface area contributed by atoms with Crippen LogP contribution in [0.1, 0.15) is 5.56 Å². The second kappa shape index (κ2) is 7.43. The first kappa shape index (κ1) is 17.9. The van der Waals surface area contributed by atoms with E-state index in [9.17, 15) is 14.4 Å². The highest BCUT2D eigenvalue weighted by molar-refractivity contribution is 6.52. The number of carbonyl (C=O) groups excluding carboxylic acids is 2. The maximum Gasteiger partial charge on any atom is 0.277 e. The molecule has 2 rings (SSSR count). The van der Waals surface area contributed by atoms with E-state index in [4.69, 9.17) is 4.74 Å². The number of hydrogen-bond acceptors (Lipinski definition) is 6. The van der Waals surface area contributed by atoms with E-state index in [1.165, 1.54) is 50.5 Å². The molecule has 0 saturated heterocycles. The van der Waals surface area contributed by atoms with E-state index in [0.29, 0.717) is 0 Å². The number of hydrazone groups is 1. The number of ether oxygens (including phenoxy) is 1. The van der Waals surface area contributed by atoms with E-state index >= 15 is 0 Å². The summed E-state index contributed by atoms with van der Waals surface area (Å²) in [6, 6.07) is 0. The molecule has 0 spiro atoms. The Bertz CT molecular complexity index is 871. The van der Waals surface area contributed by atoms with Crippen LogP contribution in [-0.4, -0.2) is 59.9 Å². The molecule has 0 aliphatic carbocycles. The standard InChI is InChI=1S/C15H18N6O4/c1-16-8-25-13-10(15(24)21(4)19-13)7-5-6-9-11(12(22)17-2)18-20(3)14(9)23/h5-8,19H,1-4H3,(H,17,22)/b7-5+,9-6-,16-8?. The van der Waals surface area contributed by atoms with Gasteiger partial charge in [-0.1, -0.05) is 6.08 Å². The highest BCUT2D eigenvalue weighted by Gasteiger charge is 2.31. The number of aromatic amines is 1. The summed E-state index contributed by atoms with van der Waals surface area (Å²) in [5.41, 5.74) is 0.0694. The van der Waals surface area contributed by atoms with Crippen LogP contribution in [0.25, 0.3) is 6.08 Å². The fourth-order valence-corrected chi connectivity index (χ4v) is 2.09. The van der Waals surface area contributed by atoms with Gasteiger partial charge in [0.2, 0.25) is 5.88 Å². The fourth-order valence-electron chi connectivity index (χ4n) is 2.09. The summed E-state index contributed by atoms with van der Waals surface area (Å²) in [5, 5.41) is 10.1. The van der Waals surface area contributed by atoms with Crippen LogP contribution in [0.5, 0.6) is 5.88 Å². The van der Waals surface area contributed by atoms with E-state index in [0.717, 1.165) is 5.01 Å². The molecule has 0 atom stereocenters. The largest absolute Gasteiger partial charge is 0.428 e. The minimum atomic E-state index is -0.474. The number of nitrogens with zero attached hydrogens (tertiary/aromatic N) is 4. The van der Waals surface area contributed by atoms with Crippen molar-refractivity contribution in [3.05, 3.63) is 33.6 Å². The van der Waals surface area contributed by atoms with E-state index in [1.807, 2.05) is 0 Å². The first-order chi connectivity index (χ1) is 11.9. The third-order valence-corrected chi connectivity index (χ3v) is 3.32. The molecule has 2 heterocycles. The molecular formula is C15H18N6O4. The van der Waals surface area contributed by atoms with E-state index in [-0.39, 0.29) is 28.3 Å². The molecule has 1 aliphatic heterocycles. The molecule has 0 bridgehead atoms. The molecule has 132 valence electrons. The summed E-state index contributed by atoms with van der Waals surface area (Å²) in [5.74, 6) is -0.680. The number of carbonyl (C=O) groups is 2. The van der Waals surface area contributed by atoms with Gasteiger partial charge in [0.25, 0.3) is 17.4 Å². The number of aromatic nitrogens is 2. The van der Waals surface area contributed by atoms with Crippen molar-refractivity contribution in [3.63, 3.8) is 0 Å². The first-order valence-electron chi connectivity index (χ1n) is 7.24. The number of hydrogen-bond donors (Lipinski definition) is 2. The molecule has 1 aliphatic rings.